The number of amides is 1. The van der Waals surface area contributed by atoms with Crippen molar-refractivity contribution in [1.82, 2.24) is 4.98 Å². The fourth-order valence-electron chi connectivity index (χ4n) is 3.11. The summed E-state index contributed by atoms with van der Waals surface area (Å²) in [5.41, 5.74) is 1.90. The number of carbonyl (C=O) groups is 1. The standard InChI is InChI=1S/C19H18BrN3OS/c20-14-5-7-15(8-6-14)21-18(24)13-9-11-23(12-10-13)19-22-16-3-1-2-4-17(16)25-19/h1-8,13H,9-12H2,(H,21,24). The maximum Gasteiger partial charge on any atom is 0.227 e. The zero-order valence-corrected chi connectivity index (χ0v) is 16.0. The van der Waals surface area contributed by atoms with E-state index in [1.807, 2.05) is 42.5 Å². The van der Waals surface area contributed by atoms with Crippen molar-refractivity contribution < 1.29 is 4.79 Å². The number of thiazole rings is 1. The topological polar surface area (TPSA) is 45.2 Å². The molecule has 1 aliphatic rings. The number of anilines is 2. The van der Waals surface area contributed by atoms with E-state index in [9.17, 15) is 4.79 Å². The molecule has 1 fully saturated rings. The molecule has 0 spiro atoms. The number of fused-ring (bicyclic) bond motifs is 1. The first kappa shape index (κ1) is 16.5. The Labute approximate surface area is 159 Å². The first-order valence-corrected chi connectivity index (χ1v) is 9.97. The summed E-state index contributed by atoms with van der Waals surface area (Å²) in [5.74, 6) is 0.181. The fourth-order valence-corrected chi connectivity index (χ4v) is 4.39. The van der Waals surface area contributed by atoms with Gasteiger partial charge in [-0.05, 0) is 49.2 Å². The molecule has 0 atom stereocenters. The van der Waals surface area contributed by atoms with Crippen molar-refractivity contribution in [2.24, 2.45) is 5.92 Å². The van der Waals surface area contributed by atoms with Gasteiger partial charge in [-0.2, -0.15) is 0 Å². The lowest BCUT2D eigenvalue weighted by atomic mass is 9.96. The second kappa shape index (κ2) is 7.14. The van der Waals surface area contributed by atoms with Gasteiger partial charge in [-0.1, -0.05) is 39.4 Å². The molecule has 0 saturated carbocycles. The van der Waals surface area contributed by atoms with Gasteiger partial charge >= 0.3 is 0 Å². The van der Waals surface area contributed by atoms with Crippen LogP contribution in [0.3, 0.4) is 0 Å². The van der Waals surface area contributed by atoms with Crippen molar-refractivity contribution in [3.05, 3.63) is 53.0 Å². The van der Waals surface area contributed by atoms with Gasteiger partial charge in [0.25, 0.3) is 0 Å². The molecule has 0 radical (unpaired) electrons. The highest BCUT2D eigenvalue weighted by Crippen LogP contribution is 2.31. The highest BCUT2D eigenvalue weighted by Gasteiger charge is 2.26. The van der Waals surface area contributed by atoms with Crippen molar-refractivity contribution >= 4 is 54.2 Å². The number of rotatable bonds is 3. The molecule has 4 nitrogen and oxygen atoms in total. The summed E-state index contributed by atoms with van der Waals surface area (Å²) < 4.78 is 2.22. The number of aromatic nitrogens is 1. The quantitative estimate of drug-likeness (QED) is 0.660. The van der Waals surface area contributed by atoms with Gasteiger partial charge in [-0.15, -0.1) is 0 Å². The predicted octanol–water partition coefficient (Wildman–Crippen LogP) is 4.91. The Bertz CT molecular complexity index is 852. The number of carbonyl (C=O) groups excluding carboxylic acids is 1. The normalized spacial score (nSPS) is 15.5. The first-order chi connectivity index (χ1) is 12.2. The molecule has 2 aromatic carbocycles. The van der Waals surface area contributed by atoms with Gasteiger partial charge < -0.3 is 10.2 Å². The highest BCUT2D eigenvalue weighted by atomic mass is 79.9. The van der Waals surface area contributed by atoms with Gasteiger partial charge in [0, 0.05) is 29.2 Å². The molecule has 1 saturated heterocycles. The molecule has 2 heterocycles. The van der Waals surface area contributed by atoms with Crippen LogP contribution in [0.1, 0.15) is 12.8 Å². The molecule has 6 heteroatoms. The lowest BCUT2D eigenvalue weighted by Gasteiger charge is -2.31. The summed E-state index contributed by atoms with van der Waals surface area (Å²) in [5, 5.41) is 4.09. The Morgan fingerprint density at radius 1 is 1.12 bits per heavy atom. The van der Waals surface area contributed by atoms with E-state index in [1.54, 1.807) is 11.3 Å². The molecule has 4 rings (SSSR count). The fraction of sp³-hybridized carbons (Fsp3) is 0.263. The second-order valence-corrected chi connectivity index (χ2v) is 8.15. The predicted molar refractivity (Wildman–Crippen MR) is 107 cm³/mol. The molecule has 25 heavy (non-hydrogen) atoms. The van der Waals surface area contributed by atoms with Gasteiger partial charge in [0.15, 0.2) is 5.13 Å². The van der Waals surface area contributed by atoms with Crippen LogP contribution in [0.2, 0.25) is 0 Å². The monoisotopic (exact) mass is 415 g/mol. The van der Waals surface area contributed by atoms with E-state index < -0.39 is 0 Å². The number of piperidine rings is 1. The molecule has 0 aliphatic carbocycles. The summed E-state index contributed by atoms with van der Waals surface area (Å²) >= 11 is 5.13. The van der Waals surface area contributed by atoms with Gasteiger partial charge in [0.2, 0.25) is 5.91 Å². The van der Waals surface area contributed by atoms with Crippen molar-refractivity contribution in [2.45, 2.75) is 12.8 Å². The number of benzene rings is 2. The second-order valence-electron chi connectivity index (χ2n) is 6.22. The van der Waals surface area contributed by atoms with Crippen LogP contribution >= 0.6 is 27.3 Å². The summed E-state index contributed by atoms with van der Waals surface area (Å²) in [6.07, 6.45) is 1.72. The molecule has 128 valence electrons. The molecular formula is C19H18BrN3OS. The third kappa shape index (κ3) is 3.70. The molecule has 1 amide bonds. The highest BCUT2D eigenvalue weighted by molar-refractivity contribution is 9.10. The smallest absolute Gasteiger partial charge is 0.227 e. The van der Waals surface area contributed by atoms with Crippen LogP contribution in [-0.2, 0) is 4.79 Å². The maximum atomic E-state index is 12.5. The van der Waals surface area contributed by atoms with Gasteiger partial charge in [-0.25, -0.2) is 4.98 Å². The lowest BCUT2D eigenvalue weighted by Crippen LogP contribution is -2.38. The van der Waals surface area contributed by atoms with Gasteiger partial charge in [0.05, 0.1) is 10.2 Å². The Morgan fingerprint density at radius 2 is 1.84 bits per heavy atom. The minimum Gasteiger partial charge on any atom is -0.348 e. The number of hydrogen-bond acceptors (Lipinski definition) is 4. The number of para-hydroxylation sites is 1. The average Bonchev–Trinajstić information content (AvgIpc) is 3.08. The van der Waals surface area contributed by atoms with Gasteiger partial charge in [0.1, 0.15) is 0 Å². The van der Waals surface area contributed by atoms with Crippen molar-refractivity contribution in [3.8, 4) is 0 Å². The van der Waals surface area contributed by atoms with Crippen LogP contribution in [0, 0.1) is 5.92 Å². The summed E-state index contributed by atoms with van der Waals surface area (Å²) in [4.78, 5) is 19.5. The van der Waals surface area contributed by atoms with Crippen molar-refractivity contribution in [2.75, 3.05) is 23.3 Å². The summed E-state index contributed by atoms with van der Waals surface area (Å²) in [6, 6.07) is 15.9. The minimum atomic E-state index is 0.0641. The molecule has 1 aliphatic heterocycles. The molecule has 3 aromatic rings. The number of hydrogen-bond donors (Lipinski definition) is 1. The average molecular weight is 416 g/mol. The van der Waals surface area contributed by atoms with Crippen molar-refractivity contribution in [1.29, 1.82) is 0 Å². The van der Waals surface area contributed by atoms with Crippen molar-refractivity contribution in [3.63, 3.8) is 0 Å². The van der Waals surface area contributed by atoms with E-state index in [4.69, 9.17) is 4.98 Å². The summed E-state index contributed by atoms with van der Waals surface area (Å²) in [7, 11) is 0. The van der Waals surface area contributed by atoms with E-state index in [-0.39, 0.29) is 11.8 Å². The van der Waals surface area contributed by atoms with Crippen LogP contribution < -0.4 is 10.2 Å². The number of nitrogens with one attached hydrogen (secondary N) is 1. The van der Waals surface area contributed by atoms with Gasteiger partial charge in [-0.3, -0.25) is 4.79 Å². The third-order valence-electron chi connectivity index (χ3n) is 4.53. The Hall–Kier alpha value is -1.92. The Kier molecular flexibility index (Phi) is 4.72. The van der Waals surface area contributed by atoms with E-state index in [2.05, 4.69) is 32.2 Å². The molecule has 0 unspecified atom stereocenters. The van der Waals surface area contributed by atoms with E-state index in [0.29, 0.717) is 0 Å². The van der Waals surface area contributed by atoms with Crippen LogP contribution in [0.25, 0.3) is 10.2 Å². The zero-order chi connectivity index (χ0) is 17.2. The van der Waals surface area contributed by atoms with Crippen LogP contribution in [0.5, 0.6) is 0 Å². The van der Waals surface area contributed by atoms with Crippen LogP contribution in [0.15, 0.2) is 53.0 Å². The maximum absolute atomic E-state index is 12.5. The lowest BCUT2D eigenvalue weighted by molar-refractivity contribution is -0.120. The Balaban J connectivity index is 1.37. The first-order valence-electron chi connectivity index (χ1n) is 8.36. The number of nitrogens with zero attached hydrogens (tertiary/aromatic N) is 2. The minimum absolute atomic E-state index is 0.0641. The van der Waals surface area contributed by atoms with E-state index in [0.717, 1.165) is 46.7 Å². The summed E-state index contributed by atoms with van der Waals surface area (Å²) in [6.45, 7) is 1.75. The largest absolute Gasteiger partial charge is 0.348 e. The molecular weight excluding hydrogens is 398 g/mol. The molecule has 1 aromatic heterocycles. The number of halogens is 1. The molecule has 0 bridgehead atoms. The SMILES string of the molecule is O=C(Nc1ccc(Br)cc1)C1CCN(c2nc3ccccc3s2)CC1. The Morgan fingerprint density at radius 3 is 2.56 bits per heavy atom. The van der Waals surface area contributed by atoms with Crippen LogP contribution in [-0.4, -0.2) is 24.0 Å². The zero-order valence-electron chi connectivity index (χ0n) is 13.6. The third-order valence-corrected chi connectivity index (χ3v) is 6.16. The van der Waals surface area contributed by atoms with Crippen LogP contribution in [0.4, 0.5) is 10.8 Å². The van der Waals surface area contributed by atoms with E-state index in [1.165, 1.54) is 4.70 Å². The molecule has 1 N–H and O–H groups in total. The van der Waals surface area contributed by atoms with E-state index >= 15 is 0 Å².